The largest absolute Gasteiger partial charge is 0.361 e. The molecule has 0 unspecified atom stereocenters. The number of ketones is 1. The van der Waals surface area contributed by atoms with Crippen molar-refractivity contribution < 1.29 is 9.18 Å². The van der Waals surface area contributed by atoms with Crippen LogP contribution < -0.4 is 5.32 Å². The molecule has 1 atom stereocenters. The van der Waals surface area contributed by atoms with Crippen molar-refractivity contribution in [1.29, 1.82) is 0 Å². The number of hydrogen-bond acceptors (Lipinski definition) is 2. The zero-order valence-electron chi connectivity index (χ0n) is 13.7. The number of benzene rings is 3. The smallest absolute Gasteiger partial charge is 0.194 e. The van der Waals surface area contributed by atoms with Gasteiger partial charge in [-0.15, -0.1) is 0 Å². The number of halogens is 2. The Morgan fingerprint density at radius 1 is 0.923 bits per heavy atom. The van der Waals surface area contributed by atoms with Crippen molar-refractivity contribution in [1.82, 2.24) is 0 Å². The molecule has 1 aliphatic rings. The third-order valence-corrected chi connectivity index (χ3v) is 4.78. The Labute approximate surface area is 155 Å². The van der Waals surface area contributed by atoms with Gasteiger partial charge in [-0.1, -0.05) is 54.1 Å². The average molecular weight is 364 g/mol. The zero-order chi connectivity index (χ0) is 18.1. The minimum atomic E-state index is -0.483. The molecular formula is C22H15ClFNO. The molecule has 0 heterocycles. The van der Waals surface area contributed by atoms with Crippen molar-refractivity contribution in [3.63, 3.8) is 0 Å². The van der Waals surface area contributed by atoms with Gasteiger partial charge in [-0.05, 0) is 41.5 Å². The second kappa shape index (κ2) is 6.77. The number of carbonyl (C=O) groups is 1. The Kier molecular flexibility index (Phi) is 4.31. The molecule has 2 nitrogen and oxygen atoms in total. The van der Waals surface area contributed by atoms with E-state index >= 15 is 0 Å². The summed E-state index contributed by atoms with van der Waals surface area (Å²) in [5.41, 5.74) is 3.13. The van der Waals surface area contributed by atoms with Gasteiger partial charge < -0.3 is 5.32 Å². The topological polar surface area (TPSA) is 29.1 Å². The maximum atomic E-state index is 14.3. The lowest BCUT2D eigenvalue weighted by molar-refractivity contribution is 0.103. The summed E-state index contributed by atoms with van der Waals surface area (Å²) in [7, 11) is 0. The Hall–Kier alpha value is -2.91. The molecule has 0 radical (unpaired) electrons. The molecular weight excluding hydrogens is 349 g/mol. The second-order valence-electron chi connectivity index (χ2n) is 6.13. The van der Waals surface area contributed by atoms with Gasteiger partial charge >= 0.3 is 0 Å². The van der Waals surface area contributed by atoms with Gasteiger partial charge in [-0.25, -0.2) is 4.39 Å². The summed E-state index contributed by atoms with van der Waals surface area (Å²) in [4.78, 5) is 12.9. The highest BCUT2D eigenvalue weighted by molar-refractivity contribution is 6.30. The van der Waals surface area contributed by atoms with Gasteiger partial charge in [0.15, 0.2) is 5.78 Å². The van der Waals surface area contributed by atoms with Crippen LogP contribution in [0.4, 0.5) is 10.1 Å². The number of Topliss-reactive ketones (excluding diaryl/α,β-unsaturated/α-hetero) is 1. The van der Waals surface area contributed by atoms with Crippen molar-refractivity contribution >= 4 is 23.1 Å². The Morgan fingerprint density at radius 2 is 1.65 bits per heavy atom. The predicted molar refractivity (Wildman–Crippen MR) is 102 cm³/mol. The van der Waals surface area contributed by atoms with Crippen LogP contribution >= 0.6 is 11.6 Å². The van der Waals surface area contributed by atoms with Crippen LogP contribution in [-0.4, -0.2) is 5.78 Å². The van der Waals surface area contributed by atoms with Crippen LogP contribution in [-0.2, 0) is 0 Å². The Balaban J connectivity index is 1.79. The van der Waals surface area contributed by atoms with E-state index in [0.29, 0.717) is 16.2 Å². The van der Waals surface area contributed by atoms with Gasteiger partial charge in [0.05, 0.1) is 5.56 Å². The molecule has 1 aliphatic carbocycles. The third kappa shape index (κ3) is 2.91. The van der Waals surface area contributed by atoms with Crippen LogP contribution in [0.5, 0.6) is 0 Å². The van der Waals surface area contributed by atoms with E-state index in [0.717, 1.165) is 11.3 Å². The minimum Gasteiger partial charge on any atom is -0.361 e. The molecule has 0 amide bonds. The van der Waals surface area contributed by atoms with E-state index in [4.69, 9.17) is 11.6 Å². The molecule has 4 heteroatoms. The van der Waals surface area contributed by atoms with E-state index in [9.17, 15) is 9.18 Å². The van der Waals surface area contributed by atoms with Crippen LogP contribution in [0.2, 0.25) is 5.02 Å². The molecule has 0 aromatic heterocycles. The van der Waals surface area contributed by atoms with E-state index in [1.165, 1.54) is 6.07 Å². The molecule has 4 rings (SSSR count). The highest BCUT2D eigenvalue weighted by Gasteiger charge is 2.37. The lowest BCUT2D eigenvalue weighted by atomic mass is 9.90. The first-order valence-corrected chi connectivity index (χ1v) is 8.63. The summed E-state index contributed by atoms with van der Waals surface area (Å²) in [5.74, 6) is -1.06. The quantitative estimate of drug-likeness (QED) is 0.595. The highest BCUT2D eigenvalue weighted by Crippen LogP contribution is 2.42. The van der Waals surface area contributed by atoms with Crippen molar-refractivity contribution in [3.05, 3.63) is 112 Å². The standard InChI is InChI=1S/C22H15ClFNO/c23-15-9-11-16(12-10-15)25-13-18-20(14-5-2-1-3-6-14)17-7-4-8-19(24)21(17)22(18)26/h1-13,20,25H/b18-13+/t20-/m1/s1. The maximum Gasteiger partial charge on any atom is 0.194 e. The number of fused-ring (bicyclic) bond motifs is 1. The van der Waals surface area contributed by atoms with E-state index in [1.807, 2.05) is 48.5 Å². The fourth-order valence-electron chi connectivity index (χ4n) is 3.32. The van der Waals surface area contributed by atoms with Gasteiger partial charge in [0.25, 0.3) is 0 Å². The molecule has 128 valence electrons. The maximum absolute atomic E-state index is 14.3. The summed E-state index contributed by atoms with van der Waals surface area (Å²) in [5, 5.41) is 3.77. The Morgan fingerprint density at radius 3 is 2.38 bits per heavy atom. The number of hydrogen-bond donors (Lipinski definition) is 1. The number of anilines is 1. The molecule has 3 aromatic rings. The van der Waals surface area contributed by atoms with Gasteiger partial charge in [-0.3, -0.25) is 4.79 Å². The molecule has 0 saturated carbocycles. The van der Waals surface area contributed by atoms with Crippen molar-refractivity contribution in [2.75, 3.05) is 5.32 Å². The second-order valence-corrected chi connectivity index (χ2v) is 6.56. The van der Waals surface area contributed by atoms with Crippen LogP contribution in [0.3, 0.4) is 0 Å². The molecule has 0 saturated heterocycles. The van der Waals surface area contributed by atoms with Crippen LogP contribution in [0, 0.1) is 5.82 Å². The molecule has 26 heavy (non-hydrogen) atoms. The van der Waals surface area contributed by atoms with Gasteiger partial charge in [-0.2, -0.15) is 0 Å². The van der Waals surface area contributed by atoms with Gasteiger partial charge in [0, 0.05) is 28.4 Å². The molecule has 0 spiro atoms. The van der Waals surface area contributed by atoms with E-state index in [-0.39, 0.29) is 17.3 Å². The van der Waals surface area contributed by atoms with Crippen LogP contribution in [0.15, 0.2) is 84.6 Å². The first-order valence-electron chi connectivity index (χ1n) is 8.25. The first kappa shape index (κ1) is 16.6. The van der Waals surface area contributed by atoms with E-state index in [2.05, 4.69) is 5.32 Å². The molecule has 0 bridgehead atoms. The van der Waals surface area contributed by atoms with E-state index in [1.54, 1.807) is 24.4 Å². The minimum absolute atomic E-state index is 0.158. The SMILES string of the molecule is O=C1/C(=C/Nc2ccc(Cl)cc2)[C@H](c2ccccc2)c2cccc(F)c21. The monoisotopic (exact) mass is 363 g/mol. The molecule has 3 aromatic carbocycles. The number of allylic oxidation sites excluding steroid dienone is 1. The van der Waals surface area contributed by atoms with Crippen LogP contribution in [0.25, 0.3) is 0 Å². The first-order chi connectivity index (χ1) is 12.6. The van der Waals surface area contributed by atoms with Crippen molar-refractivity contribution in [2.24, 2.45) is 0 Å². The van der Waals surface area contributed by atoms with Crippen LogP contribution in [0.1, 0.15) is 27.4 Å². The third-order valence-electron chi connectivity index (χ3n) is 4.53. The van der Waals surface area contributed by atoms with Crippen molar-refractivity contribution in [2.45, 2.75) is 5.92 Å². The Bertz CT molecular complexity index is 996. The van der Waals surface area contributed by atoms with E-state index < -0.39 is 5.82 Å². The molecule has 0 aliphatic heterocycles. The average Bonchev–Trinajstić information content (AvgIpc) is 2.95. The van der Waals surface area contributed by atoms with Crippen molar-refractivity contribution in [3.8, 4) is 0 Å². The normalized spacial score (nSPS) is 17.4. The number of carbonyl (C=O) groups excluding carboxylic acids is 1. The van der Waals surface area contributed by atoms with Gasteiger partial charge in [0.2, 0.25) is 0 Å². The molecule has 1 N–H and O–H groups in total. The summed E-state index contributed by atoms with van der Waals surface area (Å²) in [6, 6.07) is 21.6. The highest BCUT2D eigenvalue weighted by atomic mass is 35.5. The lowest BCUT2D eigenvalue weighted by Gasteiger charge is -2.14. The summed E-state index contributed by atoms with van der Waals surface area (Å²) in [6.45, 7) is 0. The summed E-state index contributed by atoms with van der Waals surface area (Å²) >= 11 is 5.90. The fourth-order valence-corrected chi connectivity index (χ4v) is 3.45. The number of rotatable bonds is 3. The molecule has 0 fully saturated rings. The zero-order valence-corrected chi connectivity index (χ0v) is 14.5. The number of nitrogens with one attached hydrogen (secondary N) is 1. The lowest BCUT2D eigenvalue weighted by Crippen LogP contribution is -2.05. The summed E-state index contributed by atoms with van der Waals surface area (Å²) in [6.07, 6.45) is 1.67. The predicted octanol–water partition coefficient (Wildman–Crippen LogP) is 5.80. The summed E-state index contributed by atoms with van der Waals surface area (Å²) < 4.78 is 14.3. The van der Waals surface area contributed by atoms with Gasteiger partial charge in [0.1, 0.15) is 5.82 Å². The fraction of sp³-hybridized carbons (Fsp3) is 0.0455.